The quantitative estimate of drug-likeness (QED) is 0.467. The number of hydrogen-bond donors (Lipinski definition) is 1. The highest BCUT2D eigenvalue weighted by Crippen LogP contribution is 2.43. The van der Waals surface area contributed by atoms with Gasteiger partial charge < -0.3 is 19.5 Å². The zero-order chi connectivity index (χ0) is 20.3. The summed E-state index contributed by atoms with van der Waals surface area (Å²) in [6.45, 7) is 0.292. The Morgan fingerprint density at radius 2 is 1.86 bits per heavy atom. The summed E-state index contributed by atoms with van der Waals surface area (Å²) in [4.78, 5) is 19.1. The van der Waals surface area contributed by atoms with Crippen molar-refractivity contribution >= 4 is 34.0 Å². The number of hydrogen-bond acceptors (Lipinski definition) is 8. The fourth-order valence-electron chi connectivity index (χ4n) is 2.80. The van der Waals surface area contributed by atoms with Crippen LogP contribution in [0.15, 0.2) is 30.6 Å². The van der Waals surface area contributed by atoms with Gasteiger partial charge in [0.25, 0.3) is 5.69 Å². The highest BCUT2D eigenvalue weighted by Gasteiger charge is 2.19. The second-order valence-electron chi connectivity index (χ2n) is 5.66. The van der Waals surface area contributed by atoms with Crippen LogP contribution in [0, 0.1) is 10.1 Å². The lowest BCUT2D eigenvalue weighted by Gasteiger charge is -2.16. The molecule has 0 radical (unpaired) electrons. The minimum atomic E-state index is -0.520. The van der Waals surface area contributed by atoms with Crippen molar-refractivity contribution in [2.75, 3.05) is 26.6 Å². The van der Waals surface area contributed by atoms with Crippen molar-refractivity contribution in [3.05, 3.63) is 51.3 Å². The highest BCUT2D eigenvalue weighted by molar-refractivity contribution is 6.32. The fraction of sp³-hybridized carbons (Fsp3) is 0.222. The molecule has 146 valence electrons. The number of fused-ring (bicyclic) bond motifs is 1. The Morgan fingerprint density at radius 1 is 1.11 bits per heavy atom. The number of benzene rings is 2. The van der Waals surface area contributed by atoms with Crippen LogP contribution >= 0.6 is 11.6 Å². The number of nitrogens with zero attached hydrogens (tertiary/aromatic N) is 3. The number of nitro groups is 1. The second kappa shape index (κ2) is 8.13. The molecule has 10 heteroatoms. The largest absolute Gasteiger partial charge is 0.493 e. The molecule has 0 unspecified atom stereocenters. The van der Waals surface area contributed by atoms with Gasteiger partial charge in [-0.3, -0.25) is 10.1 Å². The van der Waals surface area contributed by atoms with Crippen LogP contribution in [0.1, 0.15) is 5.56 Å². The van der Waals surface area contributed by atoms with E-state index in [0.717, 1.165) is 0 Å². The average Bonchev–Trinajstić information content (AvgIpc) is 2.71. The van der Waals surface area contributed by atoms with Crippen molar-refractivity contribution in [3.63, 3.8) is 0 Å². The van der Waals surface area contributed by atoms with Crippen LogP contribution in [0.3, 0.4) is 0 Å². The van der Waals surface area contributed by atoms with Gasteiger partial charge in [-0.15, -0.1) is 0 Å². The van der Waals surface area contributed by atoms with Crippen molar-refractivity contribution in [1.29, 1.82) is 0 Å². The first-order valence-corrected chi connectivity index (χ1v) is 8.48. The molecular weight excluding hydrogens is 388 g/mol. The molecule has 0 aliphatic heterocycles. The van der Waals surface area contributed by atoms with Gasteiger partial charge in [0.1, 0.15) is 22.7 Å². The molecule has 0 fully saturated rings. The molecule has 1 N–H and O–H groups in total. The molecule has 0 saturated heterocycles. The van der Waals surface area contributed by atoms with Crippen LogP contribution < -0.4 is 19.5 Å². The minimum Gasteiger partial charge on any atom is -0.493 e. The molecule has 2 aromatic carbocycles. The van der Waals surface area contributed by atoms with Gasteiger partial charge in [0.05, 0.1) is 31.6 Å². The van der Waals surface area contributed by atoms with E-state index in [-0.39, 0.29) is 10.7 Å². The predicted octanol–water partition coefficient (Wildman–Crippen LogP) is 3.83. The summed E-state index contributed by atoms with van der Waals surface area (Å²) in [5, 5.41) is 15.0. The Balaban J connectivity index is 2.00. The van der Waals surface area contributed by atoms with Crippen LogP contribution in [0.4, 0.5) is 11.5 Å². The Kier molecular flexibility index (Phi) is 5.65. The number of methoxy groups -OCH3 is 3. The van der Waals surface area contributed by atoms with Gasteiger partial charge in [-0.25, -0.2) is 9.97 Å². The van der Waals surface area contributed by atoms with Crippen LogP contribution in [-0.4, -0.2) is 36.2 Å². The first-order valence-electron chi connectivity index (χ1n) is 8.10. The van der Waals surface area contributed by atoms with E-state index in [4.69, 9.17) is 25.8 Å². The molecule has 1 heterocycles. The standard InChI is InChI=1S/C18H17ClN4O5/c1-26-14-7-11-15(17(28-3)16(14)27-2)21-9-22-18(11)20-8-10-4-5-12(19)13(6-10)23(24)25/h4-7,9H,8H2,1-3H3,(H,20,21,22). The van der Waals surface area contributed by atoms with E-state index in [0.29, 0.717) is 46.1 Å². The van der Waals surface area contributed by atoms with Crippen molar-refractivity contribution < 1.29 is 19.1 Å². The summed E-state index contributed by atoms with van der Waals surface area (Å²) >= 11 is 5.86. The molecule has 0 aliphatic rings. The fourth-order valence-corrected chi connectivity index (χ4v) is 2.98. The predicted molar refractivity (Wildman–Crippen MR) is 105 cm³/mol. The van der Waals surface area contributed by atoms with Crippen molar-refractivity contribution in [3.8, 4) is 17.2 Å². The first-order chi connectivity index (χ1) is 13.5. The van der Waals surface area contributed by atoms with Crippen LogP contribution in [-0.2, 0) is 6.54 Å². The maximum atomic E-state index is 11.1. The molecule has 3 rings (SSSR count). The number of rotatable bonds is 7. The van der Waals surface area contributed by atoms with E-state index < -0.39 is 4.92 Å². The molecule has 9 nitrogen and oxygen atoms in total. The molecule has 3 aromatic rings. The summed E-state index contributed by atoms with van der Waals surface area (Å²) in [6, 6.07) is 6.36. The lowest BCUT2D eigenvalue weighted by molar-refractivity contribution is -0.384. The van der Waals surface area contributed by atoms with Crippen LogP contribution in [0.5, 0.6) is 17.2 Å². The maximum absolute atomic E-state index is 11.1. The van der Waals surface area contributed by atoms with Gasteiger partial charge in [0.2, 0.25) is 5.75 Å². The van der Waals surface area contributed by atoms with Crippen molar-refractivity contribution in [2.24, 2.45) is 0 Å². The zero-order valence-corrected chi connectivity index (χ0v) is 16.1. The molecule has 0 bridgehead atoms. The van der Waals surface area contributed by atoms with Gasteiger partial charge in [-0.2, -0.15) is 0 Å². The average molecular weight is 405 g/mol. The number of anilines is 1. The third-order valence-corrected chi connectivity index (χ3v) is 4.42. The van der Waals surface area contributed by atoms with Gasteiger partial charge >= 0.3 is 0 Å². The van der Waals surface area contributed by atoms with Crippen molar-refractivity contribution in [1.82, 2.24) is 9.97 Å². The Bertz CT molecular complexity index is 1040. The summed E-state index contributed by atoms with van der Waals surface area (Å²) in [7, 11) is 4.55. The third-order valence-electron chi connectivity index (χ3n) is 4.10. The van der Waals surface area contributed by atoms with E-state index in [1.54, 1.807) is 12.1 Å². The Labute approximate surface area is 165 Å². The monoisotopic (exact) mass is 404 g/mol. The Hall–Kier alpha value is -3.33. The lowest BCUT2D eigenvalue weighted by atomic mass is 10.1. The molecular formula is C18H17ClN4O5. The molecule has 0 amide bonds. The van der Waals surface area contributed by atoms with E-state index in [2.05, 4.69) is 15.3 Å². The van der Waals surface area contributed by atoms with Crippen LogP contribution in [0.2, 0.25) is 5.02 Å². The number of nitrogens with one attached hydrogen (secondary N) is 1. The van der Waals surface area contributed by atoms with Gasteiger partial charge in [0, 0.05) is 12.6 Å². The maximum Gasteiger partial charge on any atom is 0.288 e. The Morgan fingerprint density at radius 3 is 2.50 bits per heavy atom. The SMILES string of the molecule is COc1cc2c(NCc3ccc(Cl)c([N+](=O)[O-])c3)ncnc2c(OC)c1OC. The topological polar surface area (TPSA) is 109 Å². The van der Waals surface area contributed by atoms with E-state index in [9.17, 15) is 10.1 Å². The number of aromatic nitrogens is 2. The molecule has 28 heavy (non-hydrogen) atoms. The summed E-state index contributed by atoms with van der Waals surface area (Å²) in [6.07, 6.45) is 1.39. The second-order valence-corrected chi connectivity index (χ2v) is 6.07. The van der Waals surface area contributed by atoms with Gasteiger partial charge in [-0.05, 0) is 17.7 Å². The van der Waals surface area contributed by atoms with Gasteiger partial charge in [-0.1, -0.05) is 17.7 Å². The number of halogens is 1. The summed E-state index contributed by atoms with van der Waals surface area (Å²) < 4.78 is 16.2. The number of ether oxygens (including phenoxy) is 3. The van der Waals surface area contributed by atoms with Gasteiger partial charge in [0.15, 0.2) is 11.5 Å². The van der Waals surface area contributed by atoms with Crippen molar-refractivity contribution in [2.45, 2.75) is 6.54 Å². The first kappa shape index (κ1) is 19.4. The normalized spacial score (nSPS) is 10.6. The number of nitro benzene ring substituents is 1. The van der Waals surface area contributed by atoms with Crippen LogP contribution in [0.25, 0.3) is 10.9 Å². The zero-order valence-electron chi connectivity index (χ0n) is 15.4. The molecule has 0 atom stereocenters. The molecule has 0 spiro atoms. The molecule has 1 aromatic heterocycles. The smallest absolute Gasteiger partial charge is 0.288 e. The van der Waals surface area contributed by atoms with E-state index in [1.807, 2.05) is 0 Å². The molecule has 0 aliphatic carbocycles. The lowest BCUT2D eigenvalue weighted by Crippen LogP contribution is -2.04. The van der Waals surface area contributed by atoms with E-state index >= 15 is 0 Å². The highest BCUT2D eigenvalue weighted by atomic mass is 35.5. The minimum absolute atomic E-state index is 0.0859. The summed E-state index contributed by atoms with van der Waals surface area (Å²) in [5.74, 6) is 1.83. The third kappa shape index (κ3) is 3.56. The van der Waals surface area contributed by atoms with E-state index in [1.165, 1.54) is 39.8 Å². The molecule has 0 saturated carbocycles. The summed E-state index contributed by atoms with van der Waals surface area (Å²) in [5.41, 5.74) is 1.07.